The third kappa shape index (κ3) is 4.88. The standard InChI is InChI=1S/C13H17BrN2O/c14-11-3-1-2-10(8-11)9-16-13(17)6-7-15-12-4-5-12/h1-3,8,12,15H,4-7,9H2,(H,16,17). The van der Waals surface area contributed by atoms with E-state index in [9.17, 15) is 4.79 Å². The number of halogens is 1. The summed E-state index contributed by atoms with van der Waals surface area (Å²) in [5.74, 6) is 0.109. The second-order valence-electron chi connectivity index (χ2n) is 4.39. The zero-order valence-electron chi connectivity index (χ0n) is 9.71. The molecule has 0 spiro atoms. The molecule has 0 atom stereocenters. The molecule has 2 rings (SSSR count). The summed E-state index contributed by atoms with van der Waals surface area (Å²) in [5, 5.41) is 6.25. The van der Waals surface area contributed by atoms with Crippen LogP contribution in [0.15, 0.2) is 28.7 Å². The fraction of sp³-hybridized carbons (Fsp3) is 0.462. The first-order valence-corrected chi connectivity index (χ1v) is 6.78. The molecule has 17 heavy (non-hydrogen) atoms. The predicted molar refractivity (Wildman–Crippen MR) is 71.6 cm³/mol. The number of benzene rings is 1. The van der Waals surface area contributed by atoms with Crippen molar-refractivity contribution in [3.8, 4) is 0 Å². The lowest BCUT2D eigenvalue weighted by Crippen LogP contribution is -2.28. The summed E-state index contributed by atoms with van der Waals surface area (Å²) in [7, 11) is 0. The number of hydrogen-bond donors (Lipinski definition) is 2. The van der Waals surface area contributed by atoms with Gasteiger partial charge in [-0.3, -0.25) is 4.79 Å². The first kappa shape index (κ1) is 12.6. The summed E-state index contributed by atoms with van der Waals surface area (Å²) >= 11 is 3.41. The van der Waals surface area contributed by atoms with Crippen LogP contribution in [0.25, 0.3) is 0 Å². The lowest BCUT2D eigenvalue weighted by atomic mass is 10.2. The first-order valence-electron chi connectivity index (χ1n) is 5.98. The van der Waals surface area contributed by atoms with Crippen LogP contribution in [0.1, 0.15) is 24.8 Å². The lowest BCUT2D eigenvalue weighted by Gasteiger charge is -2.06. The SMILES string of the molecule is O=C(CCNC1CC1)NCc1cccc(Br)c1. The van der Waals surface area contributed by atoms with E-state index in [-0.39, 0.29) is 5.91 Å². The van der Waals surface area contributed by atoms with Crippen molar-refractivity contribution in [2.24, 2.45) is 0 Å². The Labute approximate surface area is 110 Å². The maximum absolute atomic E-state index is 11.5. The number of nitrogens with one attached hydrogen (secondary N) is 2. The Bertz CT molecular complexity index is 391. The van der Waals surface area contributed by atoms with Crippen molar-refractivity contribution in [3.05, 3.63) is 34.3 Å². The molecule has 1 aromatic rings. The molecule has 1 aromatic carbocycles. The average Bonchev–Trinajstić information content (AvgIpc) is 3.11. The molecule has 1 amide bonds. The summed E-state index contributed by atoms with van der Waals surface area (Å²) in [5.41, 5.74) is 1.11. The van der Waals surface area contributed by atoms with Gasteiger partial charge in [-0.25, -0.2) is 0 Å². The van der Waals surface area contributed by atoms with E-state index in [1.807, 2.05) is 24.3 Å². The van der Waals surface area contributed by atoms with E-state index in [4.69, 9.17) is 0 Å². The summed E-state index contributed by atoms with van der Waals surface area (Å²) in [6.07, 6.45) is 3.09. The van der Waals surface area contributed by atoms with Crippen molar-refractivity contribution in [2.45, 2.75) is 31.8 Å². The molecule has 4 heteroatoms. The largest absolute Gasteiger partial charge is 0.352 e. The zero-order chi connectivity index (χ0) is 12.1. The van der Waals surface area contributed by atoms with Crippen molar-refractivity contribution in [3.63, 3.8) is 0 Å². The van der Waals surface area contributed by atoms with Gasteiger partial charge < -0.3 is 10.6 Å². The molecule has 0 radical (unpaired) electrons. The molecule has 3 nitrogen and oxygen atoms in total. The minimum Gasteiger partial charge on any atom is -0.352 e. The van der Waals surface area contributed by atoms with Gasteiger partial charge in [0.2, 0.25) is 5.91 Å². The van der Waals surface area contributed by atoms with Gasteiger partial charge in [0.15, 0.2) is 0 Å². The van der Waals surface area contributed by atoms with Crippen LogP contribution in [-0.2, 0) is 11.3 Å². The number of amides is 1. The Morgan fingerprint density at radius 1 is 1.41 bits per heavy atom. The Balaban J connectivity index is 1.64. The number of carbonyl (C=O) groups is 1. The van der Waals surface area contributed by atoms with Gasteiger partial charge >= 0.3 is 0 Å². The predicted octanol–water partition coefficient (Wildman–Crippen LogP) is 2.21. The van der Waals surface area contributed by atoms with E-state index in [0.29, 0.717) is 19.0 Å². The quantitative estimate of drug-likeness (QED) is 0.845. The molecule has 0 aromatic heterocycles. The van der Waals surface area contributed by atoms with Gasteiger partial charge in [-0.15, -0.1) is 0 Å². The molecule has 1 aliphatic carbocycles. The highest BCUT2D eigenvalue weighted by atomic mass is 79.9. The van der Waals surface area contributed by atoms with Crippen LogP contribution in [0.2, 0.25) is 0 Å². The van der Waals surface area contributed by atoms with Crippen molar-refractivity contribution in [2.75, 3.05) is 6.54 Å². The third-order valence-electron chi connectivity index (χ3n) is 2.74. The van der Waals surface area contributed by atoms with Crippen molar-refractivity contribution >= 4 is 21.8 Å². The van der Waals surface area contributed by atoms with Crippen molar-refractivity contribution in [1.82, 2.24) is 10.6 Å². The summed E-state index contributed by atoms with van der Waals surface area (Å²) in [4.78, 5) is 11.5. The van der Waals surface area contributed by atoms with Gasteiger partial charge in [-0.1, -0.05) is 28.1 Å². The van der Waals surface area contributed by atoms with E-state index in [0.717, 1.165) is 16.6 Å². The van der Waals surface area contributed by atoms with Gasteiger partial charge in [0.05, 0.1) is 0 Å². The average molecular weight is 297 g/mol. The molecule has 0 unspecified atom stereocenters. The Kier molecular flexibility index (Phi) is 4.57. The first-order chi connectivity index (χ1) is 8.24. The number of hydrogen-bond acceptors (Lipinski definition) is 2. The topological polar surface area (TPSA) is 41.1 Å². The number of rotatable bonds is 6. The molecule has 2 N–H and O–H groups in total. The molecule has 0 bridgehead atoms. The van der Waals surface area contributed by atoms with E-state index < -0.39 is 0 Å². The Morgan fingerprint density at radius 2 is 2.24 bits per heavy atom. The maximum atomic E-state index is 11.5. The van der Waals surface area contributed by atoms with Crippen LogP contribution in [-0.4, -0.2) is 18.5 Å². The van der Waals surface area contributed by atoms with Crippen molar-refractivity contribution in [1.29, 1.82) is 0 Å². The van der Waals surface area contributed by atoms with E-state index >= 15 is 0 Å². The maximum Gasteiger partial charge on any atom is 0.221 e. The molecular formula is C13H17BrN2O. The van der Waals surface area contributed by atoms with Crippen LogP contribution in [0, 0.1) is 0 Å². The molecule has 92 valence electrons. The van der Waals surface area contributed by atoms with Gasteiger partial charge in [0.25, 0.3) is 0 Å². The lowest BCUT2D eigenvalue weighted by molar-refractivity contribution is -0.121. The highest BCUT2D eigenvalue weighted by Crippen LogP contribution is 2.18. The molecule has 0 aliphatic heterocycles. The Morgan fingerprint density at radius 3 is 2.94 bits per heavy atom. The monoisotopic (exact) mass is 296 g/mol. The normalized spacial score (nSPS) is 14.6. The minimum atomic E-state index is 0.109. The van der Waals surface area contributed by atoms with Crippen LogP contribution in [0.5, 0.6) is 0 Å². The third-order valence-corrected chi connectivity index (χ3v) is 3.23. The molecule has 1 aliphatic rings. The fourth-order valence-electron chi connectivity index (χ4n) is 1.61. The highest BCUT2D eigenvalue weighted by molar-refractivity contribution is 9.10. The molecule has 0 heterocycles. The smallest absolute Gasteiger partial charge is 0.221 e. The molecule has 0 saturated heterocycles. The fourth-order valence-corrected chi connectivity index (χ4v) is 2.06. The van der Waals surface area contributed by atoms with Gasteiger partial charge in [-0.05, 0) is 30.5 Å². The summed E-state index contributed by atoms with van der Waals surface area (Å²) in [6.45, 7) is 1.39. The second kappa shape index (κ2) is 6.17. The van der Waals surface area contributed by atoms with Gasteiger partial charge in [0.1, 0.15) is 0 Å². The van der Waals surface area contributed by atoms with Crippen LogP contribution in [0.3, 0.4) is 0 Å². The van der Waals surface area contributed by atoms with Crippen LogP contribution in [0.4, 0.5) is 0 Å². The molecule has 1 fully saturated rings. The summed E-state index contributed by atoms with van der Waals surface area (Å²) < 4.78 is 1.04. The van der Waals surface area contributed by atoms with Crippen LogP contribution >= 0.6 is 15.9 Å². The van der Waals surface area contributed by atoms with Crippen LogP contribution < -0.4 is 10.6 Å². The zero-order valence-corrected chi connectivity index (χ0v) is 11.3. The second-order valence-corrected chi connectivity index (χ2v) is 5.30. The minimum absolute atomic E-state index is 0.109. The van der Waals surface area contributed by atoms with Gasteiger partial charge in [-0.2, -0.15) is 0 Å². The van der Waals surface area contributed by atoms with E-state index in [1.165, 1.54) is 12.8 Å². The molecular weight excluding hydrogens is 280 g/mol. The highest BCUT2D eigenvalue weighted by Gasteiger charge is 2.19. The Hall–Kier alpha value is -0.870. The summed E-state index contributed by atoms with van der Waals surface area (Å²) in [6, 6.07) is 8.65. The van der Waals surface area contributed by atoms with Gasteiger partial charge in [0, 0.05) is 30.0 Å². The number of carbonyl (C=O) groups excluding carboxylic acids is 1. The van der Waals surface area contributed by atoms with Crippen molar-refractivity contribution < 1.29 is 4.79 Å². The molecule has 1 saturated carbocycles. The van der Waals surface area contributed by atoms with E-state index in [2.05, 4.69) is 26.6 Å². The van der Waals surface area contributed by atoms with E-state index in [1.54, 1.807) is 0 Å².